The number of guanidine groups is 2. The van der Waals surface area contributed by atoms with Gasteiger partial charge in [-0.2, -0.15) is 12.6 Å². The number of benzene rings is 2. The van der Waals surface area contributed by atoms with Crippen molar-refractivity contribution in [3.05, 3.63) is 65.7 Å². The number of hydrogen-bond donors (Lipinski definition) is 24. The summed E-state index contributed by atoms with van der Waals surface area (Å²) >= 11 is 4.35. The molecule has 12 amide bonds. The molecule has 39 heteroatoms. The Kier molecular flexibility index (Phi) is 48.1. The molecule has 0 aliphatic carbocycles. The lowest BCUT2D eigenvalue weighted by atomic mass is 9.95. The topological polar surface area (TPSA) is 660 Å². The summed E-state index contributed by atoms with van der Waals surface area (Å²) in [5, 5.41) is 62.3. The van der Waals surface area contributed by atoms with E-state index in [9.17, 15) is 77.6 Å². The number of unbranched alkanes of at least 4 members (excludes halogenated alkanes) is 3. The number of carboxylic acids is 1. The number of phenolic OH excluding ortho intramolecular Hbond substituents is 1. The van der Waals surface area contributed by atoms with E-state index in [1.807, 2.05) is 18.2 Å². The normalized spacial score (nSPS) is 14.9. The van der Waals surface area contributed by atoms with Crippen molar-refractivity contribution in [2.24, 2.45) is 79.5 Å². The number of aliphatic carboxylic acids is 1. The van der Waals surface area contributed by atoms with Gasteiger partial charge in [-0.1, -0.05) is 104 Å². The summed E-state index contributed by atoms with van der Waals surface area (Å²) in [5.74, 6) is -14.8. The number of carbonyl (C=O) groups excluding carboxylic acids is 12. The van der Waals surface area contributed by atoms with E-state index in [4.69, 9.17) is 45.9 Å². The highest BCUT2D eigenvalue weighted by atomic mass is 32.1. The number of aliphatic imine (C=N–C) groups is 2. The Bertz CT molecular complexity index is 3460. The molecular weight excluding hydrogens is 1510 g/mol. The number of nitrogens with one attached hydrogen (secondary N) is 12. The van der Waals surface area contributed by atoms with E-state index in [1.165, 1.54) is 24.3 Å². The summed E-state index contributed by atoms with van der Waals surface area (Å²) in [7, 11) is 0. The zero-order valence-electron chi connectivity index (χ0n) is 67.6. The van der Waals surface area contributed by atoms with E-state index >= 15 is 0 Å². The van der Waals surface area contributed by atoms with Crippen molar-refractivity contribution in [1.29, 1.82) is 0 Å². The average Bonchev–Trinajstić information content (AvgIpc) is 0.847. The molecule has 2 rings (SSSR count). The van der Waals surface area contributed by atoms with Crippen molar-refractivity contribution >= 4 is 101 Å². The lowest BCUT2D eigenvalue weighted by Crippen LogP contribution is -2.63. The van der Waals surface area contributed by atoms with Crippen molar-refractivity contribution in [3.8, 4) is 5.75 Å². The largest absolute Gasteiger partial charge is 0.508 e. The molecule has 646 valence electrons. The first-order valence-electron chi connectivity index (χ1n) is 39.3. The van der Waals surface area contributed by atoms with Crippen LogP contribution in [0.2, 0.25) is 0 Å². The summed E-state index contributed by atoms with van der Waals surface area (Å²) in [5.41, 5.74) is 47.1. The van der Waals surface area contributed by atoms with Crippen LogP contribution in [0, 0.1) is 23.7 Å². The van der Waals surface area contributed by atoms with Gasteiger partial charge in [0, 0.05) is 25.3 Å². The minimum Gasteiger partial charge on any atom is -0.508 e. The fourth-order valence-corrected chi connectivity index (χ4v) is 12.2. The monoisotopic (exact) mass is 1640 g/mol. The third-order valence-electron chi connectivity index (χ3n) is 18.8. The molecule has 0 heterocycles. The molecule has 31 N–H and O–H groups in total. The summed E-state index contributed by atoms with van der Waals surface area (Å²) in [6, 6.07) is -3.21. The van der Waals surface area contributed by atoms with Crippen LogP contribution in [0.5, 0.6) is 5.75 Å². The number of carbonyl (C=O) groups is 13. The quantitative estimate of drug-likeness (QED) is 0.0131. The second-order valence-corrected chi connectivity index (χ2v) is 30.0. The number of nitrogens with zero attached hydrogens (tertiary/aromatic N) is 2. The number of phenols is 1. The SMILES string of the molecule is CC[C@H](C)[C@H](NC(=O)[C@@H](NC(=O)[C@@H](NC(=O)[C@H](CCCCN)NC(=O)[C@H](CCCCN)NC(=O)[C@H](CS)NC(=O)[C@H](CCCCN)NC(=O)[C@@H](N)Cc1ccccc1)C(C)C)C(C)C)C(=O)N[C@@H](CO)C(=O)N[C@@H](CC(C)C)C(=O)N[C@@H](CCCN=C(N)N)C(=O)N[C@@H](CCCN=C(N)N)C(=O)N[C@@H](Cc1ccc(O)cc1)C(=O)O. The number of aliphatic hydroxyl groups excluding tert-OH is 1. The van der Waals surface area contributed by atoms with Crippen molar-refractivity contribution in [2.75, 3.05) is 45.1 Å². The molecular formula is C76H130N22O16S. The second-order valence-electron chi connectivity index (χ2n) is 29.6. The lowest BCUT2D eigenvalue weighted by Gasteiger charge is -2.31. The van der Waals surface area contributed by atoms with Crippen LogP contribution in [0.4, 0.5) is 0 Å². The van der Waals surface area contributed by atoms with Crippen molar-refractivity contribution in [3.63, 3.8) is 0 Å². The standard InChI is InChI=1S/C76H130N22O16S/c1-9-45(8)61(73(112)94-57(40-99)69(108)92-55(37-42(2)3)68(107)90-53(26-19-35-85-75(81)82)64(103)89-54(27-20-36-86-76(83)84)65(104)93-56(74(113)114)39-47-28-30-48(100)31-29-47)98-72(111)60(44(6)7)97-71(110)59(43(4)5)96-67(106)52(25-15-18-34-79)88-63(102)51(24-14-17-33-78)91-70(109)58(41-115)95-66(105)50(23-13-16-32-77)87-62(101)49(80)38-46-21-11-10-12-22-46/h10-12,21-22,28-31,42-45,49-61,99-100,115H,9,13-20,23-27,32-41,77-80H2,1-8H3,(H,87,101)(H,88,102)(H,89,103)(H,90,107)(H,91,109)(H,92,108)(H,93,104)(H,94,112)(H,95,105)(H,96,106)(H,97,110)(H,98,111)(H,113,114)(H4,81,82,85)(H4,83,84,86)/t45-,49-,50-,51-,52-,53-,54-,55-,56-,57-,58-,59-,60-,61-/m0/s1. The van der Waals surface area contributed by atoms with Crippen molar-refractivity contribution in [2.45, 2.75) is 243 Å². The summed E-state index contributed by atoms with van der Waals surface area (Å²) in [6.07, 6.45) is 2.77. The highest BCUT2D eigenvalue weighted by Gasteiger charge is 2.39. The summed E-state index contributed by atoms with van der Waals surface area (Å²) < 4.78 is 0. The molecule has 115 heavy (non-hydrogen) atoms. The van der Waals surface area contributed by atoms with Gasteiger partial charge in [-0.15, -0.1) is 0 Å². The molecule has 2 aromatic carbocycles. The van der Waals surface area contributed by atoms with Crippen LogP contribution in [-0.4, -0.2) is 228 Å². The average molecular weight is 1640 g/mol. The van der Waals surface area contributed by atoms with Crippen LogP contribution in [-0.2, 0) is 75.2 Å². The smallest absolute Gasteiger partial charge is 0.326 e. The van der Waals surface area contributed by atoms with Gasteiger partial charge >= 0.3 is 5.97 Å². The Hall–Kier alpha value is -9.96. The predicted molar refractivity (Wildman–Crippen MR) is 439 cm³/mol. The van der Waals surface area contributed by atoms with E-state index in [1.54, 1.807) is 67.5 Å². The first-order chi connectivity index (χ1) is 54.4. The number of aromatic hydroxyl groups is 1. The Morgan fingerprint density at radius 3 is 1.11 bits per heavy atom. The van der Waals surface area contributed by atoms with Gasteiger partial charge in [-0.3, -0.25) is 67.5 Å². The highest BCUT2D eigenvalue weighted by Crippen LogP contribution is 2.18. The molecule has 0 aliphatic rings. The highest BCUT2D eigenvalue weighted by molar-refractivity contribution is 7.80. The van der Waals surface area contributed by atoms with Gasteiger partial charge in [0.05, 0.1) is 12.6 Å². The van der Waals surface area contributed by atoms with Crippen LogP contribution in [0.15, 0.2) is 64.6 Å². The van der Waals surface area contributed by atoms with Gasteiger partial charge in [0.15, 0.2) is 11.9 Å². The molecule has 0 saturated heterocycles. The van der Waals surface area contributed by atoms with Crippen LogP contribution in [0.25, 0.3) is 0 Å². The summed E-state index contributed by atoms with van der Waals surface area (Å²) in [4.78, 5) is 191. The van der Waals surface area contributed by atoms with Crippen LogP contribution < -0.4 is 110 Å². The predicted octanol–water partition coefficient (Wildman–Crippen LogP) is -3.77. The maximum absolute atomic E-state index is 14.5. The van der Waals surface area contributed by atoms with Gasteiger partial charge in [0.1, 0.15) is 78.3 Å². The lowest BCUT2D eigenvalue weighted by molar-refractivity contribution is -0.142. The summed E-state index contributed by atoms with van der Waals surface area (Å²) in [6.45, 7) is 13.0. The second kappa shape index (κ2) is 54.8. The van der Waals surface area contributed by atoms with Gasteiger partial charge in [-0.25, -0.2) is 4.79 Å². The van der Waals surface area contributed by atoms with Crippen LogP contribution in [0.1, 0.15) is 163 Å². The first-order valence-corrected chi connectivity index (χ1v) is 40.0. The van der Waals surface area contributed by atoms with E-state index in [-0.39, 0.29) is 126 Å². The van der Waals surface area contributed by atoms with Gasteiger partial charge in [0.2, 0.25) is 70.9 Å². The van der Waals surface area contributed by atoms with Gasteiger partial charge in [-0.05, 0) is 163 Å². The Morgan fingerprint density at radius 2 is 0.730 bits per heavy atom. The van der Waals surface area contributed by atoms with Crippen molar-refractivity contribution in [1.82, 2.24) is 63.8 Å². The maximum Gasteiger partial charge on any atom is 0.326 e. The number of carboxylic acid groups (broad SMARTS) is 1. The van der Waals surface area contributed by atoms with E-state index in [0.717, 1.165) is 5.56 Å². The number of nitrogens with two attached hydrogens (primary N) is 8. The molecule has 14 atom stereocenters. The molecule has 2 aromatic rings. The number of amides is 12. The Balaban J connectivity index is 2.43. The van der Waals surface area contributed by atoms with Gasteiger partial charge in [0.25, 0.3) is 0 Å². The molecule has 0 spiro atoms. The maximum atomic E-state index is 14.5. The molecule has 0 saturated carbocycles. The number of thiol groups is 1. The zero-order chi connectivity index (χ0) is 86.4. The number of rotatable bonds is 57. The van der Waals surface area contributed by atoms with Gasteiger partial charge < -0.3 is 125 Å². The van der Waals surface area contributed by atoms with E-state index < -0.39 is 180 Å². The Morgan fingerprint density at radius 1 is 0.400 bits per heavy atom. The third-order valence-corrected chi connectivity index (χ3v) is 19.1. The molecule has 0 radical (unpaired) electrons. The fraction of sp³-hybridized carbons (Fsp3) is 0.645. The van der Waals surface area contributed by atoms with Crippen LogP contribution in [0.3, 0.4) is 0 Å². The first kappa shape index (κ1) is 101. The molecule has 0 bridgehead atoms. The fourth-order valence-electron chi connectivity index (χ4n) is 11.9. The number of aliphatic hydroxyl groups is 1. The Labute approximate surface area is 679 Å². The minimum atomic E-state index is -1.76. The molecule has 0 unspecified atom stereocenters. The minimum absolute atomic E-state index is 0.000279. The van der Waals surface area contributed by atoms with E-state index in [0.29, 0.717) is 50.6 Å². The molecule has 0 aromatic heterocycles. The van der Waals surface area contributed by atoms with Crippen molar-refractivity contribution < 1.29 is 77.6 Å². The van der Waals surface area contributed by atoms with Crippen LogP contribution >= 0.6 is 12.6 Å². The molecule has 0 fully saturated rings. The molecule has 38 nitrogen and oxygen atoms in total. The van der Waals surface area contributed by atoms with E-state index in [2.05, 4.69) is 86.4 Å². The number of hydrogen-bond acceptors (Lipinski definition) is 22. The zero-order valence-corrected chi connectivity index (χ0v) is 68.5. The third kappa shape index (κ3) is 38.8. The molecule has 0 aliphatic heterocycles.